The molecular weight excluding hydrogens is 330 g/mol. The summed E-state index contributed by atoms with van der Waals surface area (Å²) < 4.78 is 10.3. The number of hydrogen-bond donors (Lipinski definition) is 1. The Balaban J connectivity index is 1.94. The summed E-state index contributed by atoms with van der Waals surface area (Å²) in [5.74, 6) is 0.0925. The van der Waals surface area contributed by atoms with Crippen molar-refractivity contribution in [2.24, 2.45) is 0 Å². The molecule has 136 valence electrons. The van der Waals surface area contributed by atoms with E-state index in [-0.39, 0.29) is 11.9 Å². The molecule has 2 aromatic carbocycles. The lowest BCUT2D eigenvalue weighted by molar-refractivity contribution is -0.111. The number of nitrogens with one attached hydrogen (secondary N) is 1. The first-order valence-electron chi connectivity index (χ1n) is 8.52. The molecular formula is C21H23NO4. The SMILES string of the molecule is CCCCOC(=O)c1cccc(NC(=O)/C=C\c2ccc(OC)cc2)c1. The molecule has 0 fully saturated rings. The third-order valence-corrected chi connectivity index (χ3v) is 3.64. The Labute approximate surface area is 153 Å². The molecule has 0 bridgehead atoms. The largest absolute Gasteiger partial charge is 0.497 e. The summed E-state index contributed by atoms with van der Waals surface area (Å²) in [6, 6.07) is 14.1. The maximum atomic E-state index is 12.1. The predicted octanol–water partition coefficient (Wildman–Crippen LogP) is 4.30. The molecule has 0 aromatic heterocycles. The van der Waals surface area contributed by atoms with Gasteiger partial charge in [-0.25, -0.2) is 4.79 Å². The lowest BCUT2D eigenvalue weighted by Crippen LogP contribution is -2.10. The fourth-order valence-electron chi connectivity index (χ4n) is 2.19. The van der Waals surface area contributed by atoms with Crippen molar-refractivity contribution >= 4 is 23.6 Å². The van der Waals surface area contributed by atoms with Crippen LogP contribution in [0.4, 0.5) is 5.69 Å². The van der Waals surface area contributed by atoms with Gasteiger partial charge in [-0.3, -0.25) is 4.79 Å². The maximum Gasteiger partial charge on any atom is 0.338 e. The molecule has 0 atom stereocenters. The van der Waals surface area contributed by atoms with Crippen LogP contribution >= 0.6 is 0 Å². The standard InChI is InChI=1S/C21H23NO4/c1-3-4-14-26-21(24)17-6-5-7-18(15-17)22-20(23)13-10-16-8-11-19(25-2)12-9-16/h5-13,15H,3-4,14H2,1-2H3,(H,22,23)/b13-10-. The number of unbranched alkanes of at least 4 members (excludes halogenated alkanes) is 1. The Kier molecular flexibility index (Phi) is 7.43. The van der Waals surface area contributed by atoms with Gasteiger partial charge >= 0.3 is 5.97 Å². The van der Waals surface area contributed by atoms with Gasteiger partial charge in [0.05, 0.1) is 19.3 Å². The monoisotopic (exact) mass is 353 g/mol. The topological polar surface area (TPSA) is 64.6 Å². The summed E-state index contributed by atoms with van der Waals surface area (Å²) in [7, 11) is 1.60. The van der Waals surface area contributed by atoms with Crippen LogP contribution in [0, 0.1) is 0 Å². The minimum atomic E-state index is -0.386. The second-order valence-electron chi connectivity index (χ2n) is 5.67. The van der Waals surface area contributed by atoms with Crippen LogP contribution in [0.1, 0.15) is 35.7 Å². The quantitative estimate of drug-likeness (QED) is 0.436. The third-order valence-electron chi connectivity index (χ3n) is 3.64. The molecule has 0 saturated carbocycles. The molecule has 2 aromatic rings. The van der Waals surface area contributed by atoms with Crippen molar-refractivity contribution in [2.75, 3.05) is 19.0 Å². The van der Waals surface area contributed by atoms with Crippen LogP contribution in [0.2, 0.25) is 0 Å². The summed E-state index contributed by atoms with van der Waals surface area (Å²) in [5.41, 5.74) is 1.84. The van der Waals surface area contributed by atoms with Crippen molar-refractivity contribution in [2.45, 2.75) is 19.8 Å². The molecule has 5 heteroatoms. The van der Waals surface area contributed by atoms with Crippen molar-refractivity contribution in [1.29, 1.82) is 0 Å². The summed E-state index contributed by atoms with van der Waals surface area (Å²) >= 11 is 0. The van der Waals surface area contributed by atoms with Gasteiger partial charge in [0.1, 0.15) is 5.75 Å². The molecule has 26 heavy (non-hydrogen) atoms. The van der Waals surface area contributed by atoms with E-state index in [1.807, 2.05) is 31.2 Å². The summed E-state index contributed by atoms with van der Waals surface area (Å²) in [5, 5.41) is 2.74. The summed E-state index contributed by atoms with van der Waals surface area (Å²) in [6.45, 7) is 2.43. The van der Waals surface area contributed by atoms with Gasteiger partial charge in [0, 0.05) is 11.8 Å². The first-order valence-corrected chi connectivity index (χ1v) is 8.52. The van der Waals surface area contributed by atoms with Crippen molar-refractivity contribution in [1.82, 2.24) is 0 Å². The molecule has 0 aliphatic rings. The van der Waals surface area contributed by atoms with Gasteiger partial charge in [-0.1, -0.05) is 31.5 Å². The lowest BCUT2D eigenvalue weighted by atomic mass is 10.2. The number of carbonyl (C=O) groups is 2. The number of amides is 1. The van der Waals surface area contributed by atoms with Gasteiger partial charge in [0.25, 0.3) is 0 Å². The Hall–Kier alpha value is -3.08. The highest BCUT2D eigenvalue weighted by Gasteiger charge is 2.08. The molecule has 5 nitrogen and oxygen atoms in total. The number of hydrogen-bond acceptors (Lipinski definition) is 4. The zero-order chi connectivity index (χ0) is 18.8. The number of esters is 1. The molecule has 0 heterocycles. The molecule has 1 N–H and O–H groups in total. The highest BCUT2D eigenvalue weighted by Crippen LogP contribution is 2.14. The van der Waals surface area contributed by atoms with E-state index in [4.69, 9.17) is 9.47 Å². The highest BCUT2D eigenvalue weighted by molar-refractivity contribution is 6.02. The van der Waals surface area contributed by atoms with Gasteiger partial charge in [0.2, 0.25) is 5.91 Å². The fourth-order valence-corrected chi connectivity index (χ4v) is 2.19. The average molecular weight is 353 g/mol. The number of rotatable bonds is 8. The van der Waals surface area contributed by atoms with E-state index in [2.05, 4.69) is 5.32 Å². The number of benzene rings is 2. The Morgan fingerprint density at radius 1 is 1.12 bits per heavy atom. The van der Waals surface area contributed by atoms with Gasteiger partial charge in [0.15, 0.2) is 0 Å². The molecule has 0 aliphatic heterocycles. The van der Waals surface area contributed by atoms with Crippen molar-refractivity contribution in [3.63, 3.8) is 0 Å². The molecule has 1 amide bonds. The van der Waals surface area contributed by atoms with Gasteiger partial charge in [-0.15, -0.1) is 0 Å². The molecule has 0 saturated heterocycles. The van der Waals surface area contributed by atoms with E-state index in [1.165, 1.54) is 6.08 Å². The van der Waals surface area contributed by atoms with Crippen molar-refractivity contribution in [3.8, 4) is 5.75 Å². The van der Waals surface area contributed by atoms with E-state index in [9.17, 15) is 9.59 Å². The number of carbonyl (C=O) groups excluding carboxylic acids is 2. The fraction of sp³-hybridized carbons (Fsp3) is 0.238. The minimum absolute atomic E-state index is 0.280. The van der Waals surface area contributed by atoms with Gasteiger partial charge in [-0.05, 0) is 48.4 Å². The van der Waals surface area contributed by atoms with Crippen LogP contribution < -0.4 is 10.1 Å². The zero-order valence-electron chi connectivity index (χ0n) is 15.0. The van der Waals surface area contributed by atoms with E-state index in [0.717, 1.165) is 24.2 Å². The highest BCUT2D eigenvalue weighted by atomic mass is 16.5. The van der Waals surface area contributed by atoms with E-state index < -0.39 is 0 Å². The number of methoxy groups -OCH3 is 1. The molecule has 2 rings (SSSR count). The zero-order valence-corrected chi connectivity index (χ0v) is 15.0. The molecule has 0 aliphatic carbocycles. The summed E-state index contributed by atoms with van der Waals surface area (Å²) in [4.78, 5) is 24.0. The lowest BCUT2D eigenvalue weighted by Gasteiger charge is -2.06. The van der Waals surface area contributed by atoms with Gasteiger partial charge < -0.3 is 14.8 Å². The van der Waals surface area contributed by atoms with Crippen LogP contribution in [-0.4, -0.2) is 25.6 Å². The molecule has 0 radical (unpaired) electrons. The van der Waals surface area contributed by atoms with Crippen LogP contribution in [0.15, 0.2) is 54.6 Å². The second-order valence-corrected chi connectivity index (χ2v) is 5.67. The third kappa shape index (κ3) is 6.09. The normalized spacial score (nSPS) is 10.5. The van der Waals surface area contributed by atoms with E-state index in [1.54, 1.807) is 37.5 Å². The summed E-state index contributed by atoms with van der Waals surface area (Å²) in [6.07, 6.45) is 4.94. The van der Waals surface area contributed by atoms with Crippen LogP contribution in [0.3, 0.4) is 0 Å². The first kappa shape index (κ1) is 19.2. The Morgan fingerprint density at radius 2 is 1.88 bits per heavy atom. The number of ether oxygens (including phenoxy) is 2. The van der Waals surface area contributed by atoms with Crippen LogP contribution in [-0.2, 0) is 9.53 Å². The van der Waals surface area contributed by atoms with Gasteiger partial charge in [-0.2, -0.15) is 0 Å². The van der Waals surface area contributed by atoms with E-state index >= 15 is 0 Å². The smallest absolute Gasteiger partial charge is 0.338 e. The van der Waals surface area contributed by atoms with Crippen molar-refractivity contribution in [3.05, 3.63) is 65.7 Å². The molecule has 0 spiro atoms. The first-order chi connectivity index (χ1) is 12.6. The van der Waals surface area contributed by atoms with Crippen LogP contribution in [0.25, 0.3) is 6.08 Å². The maximum absolute atomic E-state index is 12.1. The Morgan fingerprint density at radius 3 is 2.58 bits per heavy atom. The minimum Gasteiger partial charge on any atom is -0.497 e. The van der Waals surface area contributed by atoms with E-state index in [0.29, 0.717) is 17.9 Å². The van der Waals surface area contributed by atoms with Crippen molar-refractivity contribution < 1.29 is 19.1 Å². The predicted molar refractivity (Wildman–Crippen MR) is 102 cm³/mol. The number of anilines is 1. The van der Waals surface area contributed by atoms with Crippen LogP contribution in [0.5, 0.6) is 5.75 Å². The second kappa shape index (κ2) is 10.0. The molecule has 0 unspecified atom stereocenters. The Bertz CT molecular complexity index is 766. The average Bonchev–Trinajstić information content (AvgIpc) is 2.67.